The van der Waals surface area contributed by atoms with Crippen LogP contribution in [-0.2, 0) is 14.4 Å². The summed E-state index contributed by atoms with van der Waals surface area (Å²) in [6, 6.07) is 0. The summed E-state index contributed by atoms with van der Waals surface area (Å²) in [6.45, 7) is 9.05. The number of carbonyl (C=O) groups excluding carboxylic acids is 3. The number of hydrogen-bond acceptors (Lipinski definition) is 12. The first-order chi connectivity index (χ1) is 14.8. The number of unbranched alkanes of at least 4 members (excludes halogenated alkanes) is 2. The monoisotopic (exact) mass is 686 g/mol. The minimum absolute atomic E-state index is 0.912. The summed E-state index contributed by atoms with van der Waals surface area (Å²) in [5, 5.41) is 30.1. The van der Waals surface area contributed by atoms with E-state index in [1.54, 1.807) is 41.3 Å². The fourth-order valence-corrected chi connectivity index (χ4v) is 2.32. The molecule has 0 bridgehead atoms. The predicted octanol–water partition coefficient (Wildman–Crippen LogP) is 2.03. The molecule has 0 aliphatic rings. The Morgan fingerprint density at radius 3 is 1.12 bits per heavy atom. The van der Waals surface area contributed by atoms with E-state index in [0.717, 1.165) is 41.2 Å². The van der Waals surface area contributed by atoms with Gasteiger partial charge in [-0.3, -0.25) is 0 Å². The summed E-state index contributed by atoms with van der Waals surface area (Å²) in [5.41, 5.74) is 0. The first-order valence-electron chi connectivity index (χ1n) is 9.90. The van der Waals surface area contributed by atoms with Crippen molar-refractivity contribution < 1.29 is 29.7 Å². The van der Waals surface area contributed by atoms with E-state index in [9.17, 15) is 29.7 Å². The number of thiol groups is 3. The van der Waals surface area contributed by atoms with Gasteiger partial charge < -0.3 is 29.7 Å². The van der Waals surface area contributed by atoms with Crippen LogP contribution in [0.1, 0.15) is 60.3 Å². The van der Waals surface area contributed by atoms with E-state index in [1.807, 2.05) is 0 Å². The van der Waals surface area contributed by atoms with Crippen LogP contribution in [0.4, 0.5) is 0 Å². The maximum absolute atomic E-state index is 10.0. The molecule has 13 heteroatoms. The van der Waals surface area contributed by atoms with Crippen LogP contribution in [0, 0.1) is 5.92 Å². The Hall–Kier alpha value is 1.31. The van der Waals surface area contributed by atoms with Crippen LogP contribution >= 0.6 is 73.2 Å². The zero-order valence-corrected chi connectivity index (χ0v) is 28.6. The Morgan fingerprint density at radius 1 is 0.727 bits per heavy atom. The molecular formula is C20H38O6S6Sn. The third-order valence-electron chi connectivity index (χ3n) is 3.79. The number of carboxylic acid groups (broad SMARTS) is 3. The molecule has 0 aromatic rings. The Kier molecular flexibility index (Phi) is 28.3. The minimum atomic E-state index is -1.15. The Morgan fingerprint density at radius 2 is 1.00 bits per heavy atom. The SMILES string of the molecule is CC(C)CCCC[CH2][Sn+3].CSC(C)(S)C(=O)[O-].CSC(C)(S)C(=O)[O-].CSC(C)(S)C(=O)[O-]. The Labute approximate surface area is 243 Å². The van der Waals surface area contributed by atoms with Gasteiger partial charge in [-0.25, -0.2) is 0 Å². The van der Waals surface area contributed by atoms with Crippen LogP contribution in [0.3, 0.4) is 0 Å². The molecule has 0 saturated carbocycles. The van der Waals surface area contributed by atoms with Crippen molar-refractivity contribution >= 4 is 114 Å². The van der Waals surface area contributed by atoms with Crippen LogP contribution in [0.5, 0.6) is 0 Å². The number of carbonyl (C=O) groups is 3. The zero-order chi connectivity index (χ0) is 27.5. The van der Waals surface area contributed by atoms with Gasteiger partial charge in [-0.1, -0.05) is 0 Å². The topological polar surface area (TPSA) is 120 Å². The second-order valence-corrected chi connectivity index (χ2v) is 16.1. The van der Waals surface area contributed by atoms with Crippen molar-refractivity contribution in [3.8, 4) is 0 Å². The van der Waals surface area contributed by atoms with Crippen LogP contribution in [0.15, 0.2) is 0 Å². The molecule has 33 heavy (non-hydrogen) atoms. The van der Waals surface area contributed by atoms with Gasteiger partial charge in [-0.2, -0.15) is 37.9 Å². The summed E-state index contributed by atoms with van der Waals surface area (Å²) in [4.78, 5) is 30.1. The van der Waals surface area contributed by atoms with Gasteiger partial charge in [0.2, 0.25) is 0 Å². The van der Waals surface area contributed by atoms with E-state index in [2.05, 4.69) is 51.7 Å². The third-order valence-corrected chi connectivity index (χ3v) is 9.87. The molecule has 0 N–H and O–H groups in total. The maximum Gasteiger partial charge on any atom is 0.0944 e. The van der Waals surface area contributed by atoms with Crippen molar-refractivity contribution in [2.24, 2.45) is 5.92 Å². The molecule has 194 valence electrons. The van der Waals surface area contributed by atoms with Gasteiger partial charge >= 0.3 is 72.4 Å². The summed E-state index contributed by atoms with van der Waals surface area (Å²) < 4.78 is -1.68. The van der Waals surface area contributed by atoms with Gasteiger partial charge in [-0.15, -0.1) is 35.3 Å². The minimum Gasteiger partial charge on any atom is -0.548 e. The van der Waals surface area contributed by atoms with E-state index in [0.29, 0.717) is 0 Å². The molecule has 0 spiro atoms. The molecule has 0 aliphatic heterocycles. The first-order valence-corrected chi connectivity index (χ1v) is 16.9. The van der Waals surface area contributed by atoms with Crippen molar-refractivity contribution in [1.82, 2.24) is 0 Å². The molecule has 0 aliphatic carbocycles. The van der Waals surface area contributed by atoms with Crippen LogP contribution in [-0.4, -0.2) is 71.4 Å². The standard InChI is InChI=1S/C8H17.3C4H8O2S2.Sn/c1-4-5-6-7-8(2)3;3*1-4(7,8-2)3(5)6;/h8H,1,4-7H2,2-3H3;3*7H,1-2H3,(H,5,6);/q;;;;+3/p-3. The number of thioether (sulfide) groups is 3. The summed E-state index contributed by atoms with van der Waals surface area (Å²) in [5.74, 6) is -2.52. The van der Waals surface area contributed by atoms with E-state index in [1.165, 1.54) is 50.9 Å². The van der Waals surface area contributed by atoms with E-state index in [-0.39, 0.29) is 0 Å². The summed E-state index contributed by atoms with van der Waals surface area (Å²) in [7, 11) is 0. The van der Waals surface area contributed by atoms with Gasteiger partial charge in [0.25, 0.3) is 0 Å². The Balaban J connectivity index is -0.000000170. The molecular weight excluding hydrogens is 647 g/mol. The predicted molar refractivity (Wildman–Crippen MR) is 152 cm³/mol. The van der Waals surface area contributed by atoms with Crippen LogP contribution in [0.2, 0.25) is 4.44 Å². The molecule has 0 saturated heterocycles. The molecule has 0 aromatic heterocycles. The average molecular weight is 686 g/mol. The van der Waals surface area contributed by atoms with Crippen LogP contribution < -0.4 is 15.3 Å². The molecule has 0 fully saturated rings. The first kappa shape index (κ1) is 41.4. The number of hydrogen-bond donors (Lipinski definition) is 3. The molecule has 0 amide bonds. The molecule has 0 radical (unpaired) electrons. The Bertz CT molecular complexity index is 483. The van der Waals surface area contributed by atoms with Gasteiger partial charge in [0.1, 0.15) is 0 Å². The van der Waals surface area contributed by atoms with E-state index < -0.39 is 30.1 Å². The normalized spacial score (nSPS) is 15.6. The summed E-state index contributed by atoms with van der Waals surface area (Å²) >= 11 is 16.5. The zero-order valence-electron chi connectivity index (χ0n) is 20.6. The quantitative estimate of drug-likeness (QED) is 0.130. The largest absolute Gasteiger partial charge is 0.548 e. The van der Waals surface area contributed by atoms with Crippen molar-refractivity contribution in [2.75, 3.05) is 18.8 Å². The van der Waals surface area contributed by atoms with E-state index >= 15 is 0 Å². The summed E-state index contributed by atoms with van der Waals surface area (Å²) in [6.07, 6.45) is 10.8. The van der Waals surface area contributed by atoms with Crippen molar-refractivity contribution in [2.45, 2.75) is 77.0 Å². The van der Waals surface area contributed by atoms with Crippen LogP contribution in [0.25, 0.3) is 0 Å². The number of carboxylic acids is 3. The van der Waals surface area contributed by atoms with E-state index in [4.69, 9.17) is 0 Å². The smallest absolute Gasteiger partial charge is 0.0944 e. The second-order valence-electron chi connectivity index (χ2n) is 7.42. The maximum atomic E-state index is 10.0. The van der Waals surface area contributed by atoms with Gasteiger partial charge in [0, 0.05) is 0 Å². The fourth-order valence-electron chi connectivity index (χ4n) is 1.10. The molecule has 3 atom stereocenters. The molecule has 0 heterocycles. The molecule has 0 aromatic carbocycles. The number of aliphatic carboxylic acids is 3. The average Bonchev–Trinajstić information content (AvgIpc) is 2.72. The molecule has 3 unspecified atom stereocenters. The number of rotatable bonds is 11. The van der Waals surface area contributed by atoms with Gasteiger partial charge in [0.15, 0.2) is 0 Å². The van der Waals surface area contributed by atoms with Crippen molar-refractivity contribution in [1.29, 1.82) is 0 Å². The third kappa shape index (κ3) is 27.7. The van der Waals surface area contributed by atoms with Gasteiger partial charge in [-0.05, 0) is 39.5 Å². The molecule has 0 rings (SSSR count). The fraction of sp³-hybridized carbons (Fsp3) is 0.850. The van der Waals surface area contributed by atoms with Crippen molar-refractivity contribution in [3.63, 3.8) is 0 Å². The molecule has 6 nitrogen and oxygen atoms in total. The second kappa shape index (κ2) is 22.5. The van der Waals surface area contributed by atoms with Crippen molar-refractivity contribution in [3.05, 3.63) is 0 Å². The van der Waals surface area contributed by atoms with Gasteiger partial charge in [0.05, 0.1) is 30.1 Å².